The fourth-order valence-electron chi connectivity index (χ4n) is 4.56. The molecule has 0 saturated heterocycles. The van der Waals surface area contributed by atoms with Gasteiger partial charge in [0.05, 0.1) is 71.9 Å². The van der Waals surface area contributed by atoms with Crippen LogP contribution in [0.3, 0.4) is 0 Å². The minimum Gasteiger partial charge on any atom is -0.358 e. The molecular formula is C20H19N9O2. The molecule has 1 aliphatic carbocycles. The third kappa shape index (κ3) is 2.95. The third-order valence-corrected chi connectivity index (χ3v) is 5.85. The molecule has 31 heavy (non-hydrogen) atoms. The first-order valence-electron chi connectivity index (χ1n) is 9.85. The Morgan fingerprint density at radius 2 is 2.13 bits per heavy atom. The van der Waals surface area contributed by atoms with E-state index in [1.165, 1.54) is 4.68 Å². The maximum Gasteiger partial charge on any atom is 0.399 e. The molecule has 4 aromatic rings. The molecule has 11 nitrogen and oxygen atoms in total. The number of nitro groups is 1. The zero-order chi connectivity index (χ0) is 21.8. The Balaban J connectivity index is 1.64. The fourth-order valence-corrected chi connectivity index (χ4v) is 4.56. The van der Waals surface area contributed by atoms with Gasteiger partial charge in [0.25, 0.3) is 0 Å². The second-order valence-corrected chi connectivity index (χ2v) is 8.18. The van der Waals surface area contributed by atoms with Crippen molar-refractivity contribution < 1.29 is 4.92 Å². The summed E-state index contributed by atoms with van der Waals surface area (Å²) in [6, 6.07) is 4.12. The van der Waals surface area contributed by atoms with E-state index in [0.717, 1.165) is 23.9 Å². The minimum atomic E-state index is -0.522. The number of aromatic nitrogens is 7. The van der Waals surface area contributed by atoms with Crippen LogP contribution in [0.4, 0.5) is 5.82 Å². The summed E-state index contributed by atoms with van der Waals surface area (Å²) >= 11 is 0. The van der Waals surface area contributed by atoms with E-state index in [1.54, 1.807) is 36.4 Å². The molecule has 0 N–H and O–H groups in total. The Morgan fingerprint density at radius 1 is 1.32 bits per heavy atom. The van der Waals surface area contributed by atoms with Gasteiger partial charge in [-0.05, 0) is 29.7 Å². The van der Waals surface area contributed by atoms with Crippen LogP contribution >= 0.6 is 0 Å². The molecule has 4 aromatic heterocycles. The summed E-state index contributed by atoms with van der Waals surface area (Å²) in [5.41, 5.74) is 2.54. The summed E-state index contributed by atoms with van der Waals surface area (Å²) in [5.74, 6) is 0.287. The van der Waals surface area contributed by atoms with Gasteiger partial charge >= 0.3 is 5.82 Å². The van der Waals surface area contributed by atoms with Crippen LogP contribution in [0.2, 0.25) is 0 Å². The van der Waals surface area contributed by atoms with Gasteiger partial charge in [-0.3, -0.25) is 4.68 Å². The largest absolute Gasteiger partial charge is 0.399 e. The molecule has 0 radical (unpaired) electrons. The van der Waals surface area contributed by atoms with Crippen LogP contribution in [-0.2, 0) is 12.6 Å². The van der Waals surface area contributed by atoms with Crippen molar-refractivity contribution in [1.82, 2.24) is 34.2 Å². The number of nitrogens with zero attached hydrogens (tertiary/aromatic N) is 9. The monoisotopic (exact) mass is 417 g/mol. The second kappa shape index (κ2) is 6.73. The molecule has 0 amide bonds. The molecule has 0 spiro atoms. The number of rotatable bonds is 5. The lowest BCUT2D eigenvalue weighted by molar-refractivity contribution is -0.389. The first-order chi connectivity index (χ1) is 14.9. The maximum atomic E-state index is 11.5. The summed E-state index contributed by atoms with van der Waals surface area (Å²) in [6.07, 6.45) is 10.7. The normalized spacial score (nSPS) is 20.5. The van der Waals surface area contributed by atoms with E-state index in [9.17, 15) is 15.4 Å². The molecule has 4 heterocycles. The topological polar surface area (TPSA) is 133 Å². The van der Waals surface area contributed by atoms with E-state index in [-0.39, 0.29) is 11.4 Å². The standard InChI is InChI=1S/C20H19N9O2/c1-13-7-20(8-13,4-5-21)28-10-14(9-23-28)18-17-3-6-22-27(17)12-16(24-18)15-11-26(2)25-19(15)29(30)31/h3,6,9-13H,4,7-8H2,1-2H3. The van der Waals surface area contributed by atoms with Crippen molar-refractivity contribution in [3.63, 3.8) is 0 Å². The molecule has 0 unspecified atom stereocenters. The van der Waals surface area contributed by atoms with Gasteiger partial charge in [-0.25, -0.2) is 9.50 Å². The molecule has 0 atom stereocenters. The lowest BCUT2D eigenvalue weighted by Crippen LogP contribution is -2.45. The Kier molecular flexibility index (Phi) is 4.11. The third-order valence-electron chi connectivity index (χ3n) is 5.85. The van der Waals surface area contributed by atoms with Gasteiger partial charge in [0, 0.05) is 11.8 Å². The van der Waals surface area contributed by atoms with Gasteiger partial charge in [0.2, 0.25) is 0 Å². The highest BCUT2D eigenvalue weighted by Gasteiger charge is 2.44. The molecule has 1 saturated carbocycles. The number of hydrogen-bond donors (Lipinski definition) is 0. The Labute approximate surface area is 176 Å². The van der Waals surface area contributed by atoms with Gasteiger partial charge in [-0.2, -0.15) is 20.1 Å². The summed E-state index contributed by atoms with van der Waals surface area (Å²) in [5, 5.41) is 33.6. The van der Waals surface area contributed by atoms with Crippen LogP contribution in [0, 0.1) is 27.4 Å². The molecule has 11 heteroatoms. The fraction of sp³-hybridized carbons (Fsp3) is 0.350. The van der Waals surface area contributed by atoms with Gasteiger partial charge in [-0.15, -0.1) is 0 Å². The van der Waals surface area contributed by atoms with Gasteiger partial charge < -0.3 is 10.1 Å². The summed E-state index contributed by atoms with van der Waals surface area (Å²) in [6.45, 7) is 2.17. The van der Waals surface area contributed by atoms with Crippen LogP contribution in [0.25, 0.3) is 28.0 Å². The smallest absolute Gasteiger partial charge is 0.358 e. The van der Waals surface area contributed by atoms with Crippen LogP contribution in [0.1, 0.15) is 26.2 Å². The van der Waals surface area contributed by atoms with Crippen LogP contribution < -0.4 is 0 Å². The quantitative estimate of drug-likeness (QED) is 0.360. The summed E-state index contributed by atoms with van der Waals surface area (Å²) < 4.78 is 4.91. The maximum absolute atomic E-state index is 11.5. The van der Waals surface area contributed by atoms with E-state index >= 15 is 0 Å². The zero-order valence-corrected chi connectivity index (χ0v) is 17.0. The molecule has 156 valence electrons. The lowest BCUT2D eigenvalue weighted by Gasteiger charge is -2.45. The Hall–Kier alpha value is -4.07. The summed E-state index contributed by atoms with van der Waals surface area (Å²) in [7, 11) is 1.63. The molecule has 0 aliphatic heterocycles. The van der Waals surface area contributed by atoms with E-state index in [0.29, 0.717) is 29.3 Å². The minimum absolute atomic E-state index is 0.264. The van der Waals surface area contributed by atoms with Crippen molar-refractivity contribution in [3.05, 3.63) is 47.2 Å². The Morgan fingerprint density at radius 3 is 2.84 bits per heavy atom. The van der Waals surface area contributed by atoms with Crippen molar-refractivity contribution in [2.45, 2.75) is 31.7 Å². The number of fused-ring (bicyclic) bond motifs is 1. The predicted octanol–water partition coefficient (Wildman–Crippen LogP) is 2.94. The SMILES string of the molecule is CC1CC(CC#N)(n2cc(-c3nc(-c4cn(C)nc4[N+](=O)[O-])cn4nccc34)cn2)C1. The second-order valence-electron chi connectivity index (χ2n) is 8.18. The predicted molar refractivity (Wildman–Crippen MR) is 110 cm³/mol. The highest BCUT2D eigenvalue weighted by Crippen LogP contribution is 2.46. The molecule has 0 aromatic carbocycles. The van der Waals surface area contributed by atoms with E-state index in [1.807, 2.05) is 16.9 Å². The summed E-state index contributed by atoms with van der Waals surface area (Å²) in [4.78, 5) is 15.7. The number of hydrogen-bond acceptors (Lipinski definition) is 7. The lowest BCUT2D eigenvalue weighted by atomic mass is 9.67. The van der Waals surface area contributed by atoms with Crippen molar-refractivity contribution in [2.75, 3.05) is 0 Å². The van der Waals surface area contributed by atoms with E-state index < -0.39 is 4.92 Å². The van der Waals surface area contributed by atoms with Gasteiger partial charge in [0.1, 0.15) is 5.56 Å². The average molecular weight is 417 g/mol. The van der Waals surface area contributed by atoms with E-state index in [4.69, 9.17) is 4.98 Å². The molecule has 5 rings (SSSR count). The first-order valence-corrected chi connectivity index (χ1v) is 9.85. The van der Waals surface area contributed by atoms with Gasteiger partial charge in [0.15, 0.2) is 0 Å². The van der Waals surface area contributed by atoms with Crippen LogP contribution in [0.15, 0.2) is 37.1 Å². The molecule has 1 aliphatic rings. The van der Waals surface area contributed by atoms with Crippen LogP contribution in [0.5, 0.6) is 0 Å². The number of aryl methyl sites for hydroxylation is 1. The van der Waals surface area contributed by atoms with Crippen molar-refractivity contribution in [3.8, 4) is 28.6 Å². The van der Waals surface area contributed by atoms with Gasteiger partial charge in [-0.1, -0.05) is 6.92 Å². The molecule has 1 fully saturated rings. The van der Waals surface area contributed by atoms with Crippen molar-refractivity contribution in [1.29, 1.82) is 5.26 Å². The highest BCUT2D eigenvalue weighted by atomic mass is 16.6. The van der Waals surface area contributed by atoms with E-state index in [2.05, 4.69) is 28.3 Å². The van der Waals surface area contributed by atoms with Crippen molar-refractivity contribution >= 4 is 11.3 Å². The highest BCUT2D eigenvalue weighted by molar-refractivity contribution is 5.79. The van der Waals surface area contributed by atoms with Crippen LogP contribution in [-0.4, -0.2) is 39.1 Å². The number of nitriles is 1. The molecular weight excluding hydrogens is 398 g/mol. The zero-order valence-electron chi connectivity index (χ0n) is 17.0. The average Bonchev–Trinajstić information content (AvgIpc) is 3.44. The van der Waals surface area contributed by atoms with Crippen molar-refractivity contribution in [2.24, 2.45) is 13.0 Å². The molecule has 0 bridgehead atoms. The Bertz CT molecular complexity index is 1350. The first kappa shape index (κ1) is 18.9.